The van der Waals surface area contributed by atoms with Crippen molar-refractivity contribution in [1.82, 2.24) is 26.3 Å². The van der Waals surface area contributed by atoms with Gasteiger partial charge in [-0.3, -0.25) is 19.2 Å². The standard InChI is InChI=1S/C31H51N5O10S3/c1-23-34-24-22-47-25(31(24)35-23)4-2-3-5-26(37)32-10-13-43-15-17-45-19-18-44-16-14-42-12-8-27(38)33-11-21-49-48-20-9-30(41)46-36-28(39)6-7-29(36)40/h24-25,31,34-35H,1-22H2,(H,32,37)(H,33,38). The maximum absolute atomic E-state index is 12.1. The van der Waals surface area contributed by atoms with E-state index in [1.54, 1.807) is 0 Å². The number of thioether (sulfide) groups is 1. The van der Waals surface area contributed by atoms with Gasteiger partial charge in [0.15, 0.2) is 0 Å². The molecule has 18 heteroatoms. The number of carbonyl (C=O) groups is 5. The zero-order chi connectivity index (χ0) is 35.1. The molecule has 3 rings (SSSR count). The highest BCUT2D eigenvalue weighted by atomic mass is 33.1. The second-order valence-electron chi connectivity index (χ2n) is 11.4. The maximum Gasteiger partial charge on any atom is 0.334 e. The number of unbranched alkanes of at least 4 members (excludes halogenated alkanes) is 1. The Balaban J connectivity index is 0.968. The molecule has 0 aromatic rings. The molecular weight excluding hydrogens is 699 g/mol. The van der Waals surface area contributed by atoms with Gasteiger partial charge in [-0.1, -0.05) is 34.6 Å². The van der Waals surface area contributed by atoms with Crippen LogP contribution in [-0.4, -0.2) is 135 Å². The predicted octanol–water partition coefficient (Wildman–Crippen LogP) is 1.13. The van der Waals surface area contributed by atoms with E-state index in [1.807, 2.05) is 11.8 Å². The van der Waals surface area contributed by atoms with Gasteiger partial charge in [0.25, 0.3) is 11.8 Å². The molecule has 15 nitrogen and oxygen atoms in total. The fourth-order valence-corrected chi connectivity index (χ4v) is 8.45. The normalized spacial score (nSPS) is 19.9. The third kappa shape index (κ3) is 17.5. The summed E-state index contributed by atoms with van der Waals surface area (Å²) < 4.78 is 21.9. The lowest BCUT2D eigenvalue weighted by Crippen LogP contribution is -2.36. The summed E-state index contributed by atoms with van der Waals surface area (Å²) in [5, 5.41) is 13.7. The summed E-state index contributed by atoms with van der Waals surface area (Å²) in [6.45, 7) is 8.20. The van der Waals surface area contributed by atoms with E-state index in [0.717, 1.165) is 30.8 Å². The van der Waals surface area contributed by atoms with Crippen molar-refractivity contribution in [3.8, 4) is 0 Å². The number of fused-ring (bicyclic) bond motifs is 1. The van der Waals surface area contributed by atoms with Gasteiger partial charge < -0.3 is 45.1 Å². The molecule has 0 bridgehead atoms. The number of ether oxygens (including phenoxy) is 4. The first kappa shape index (κ1) is 41.2. The Labute approximate surface area is 300 Å². The van der Waals surface area contributed by atoms with Gasteiger partial charge in [-0.25, -0.2) is 4.79 Å². The van der Waals surface area contributed by atoms with Crippen LogP contribution in [0.1, 0.15) is 51.4 Å². The molecule has 3 unspecified atom stereocenters. The van der Waals surface area contributed by atoms with Crippen LogP contribution >= 0.6 is 33.3 Å². The van der Waals surface area contributed by atoms with Gasteiger partial charge in [0.05, 0.1) is 77.2 Å². The Morgan fingerprint density at radius 2 is 1.39 bits per heavy atom. The third-order valence-corrected chi connectivity index (χ3v) is 11.4. The summed E-state index contributed by atoms with van der Waals surface area (Å²) in [5.74, 6) is 1.50. The summed E-state index contributed by atoms with van der Waals surface area (Å²) in [4.78, 5) is 63.4. The molecule has 4 N–H and O–H groups in total. The van der Waals surface area contributed by atoms with Crippen LogP contribution in [0, 0.1) is 0 Å². The van der Waals surface area contributed by atoms with Gasteiger partial charge in [0.2, 0.25) is 11.8 Å². The van der Waals surface area contributed by atoms with Crippen LogP contribution in [0.4, 0.5) is 0 Å². The average Bonchev–Trinajstić information content (AvgIpc) is 3.74. The molecule has 4 amide bonds. The maximum atomic E-state index is 12.1. The molecule has 278 valence electrons. The van der Waals surface area contributed by atoms with Gasteiger partial charge in [-0.15, -0.1) is 5.06 Å². The molecule has 3 atom stereocenters. The fourth-order valence-electron chi connectivity index (χ4n) is 5.03. The summed E-state index contributed by atoms with van der Waals surface area (Å²) in [7, 11) is 2.95. The first-order valence-corrected chi connectivity index (χ1v) is 20.4. The van der Waals surface area contributed by atoms with E-state index in [-0.39, 0.29) is 37.5 Å². The Kier molecular flexibility index (Phi) is 20.9. The molecule has 0 aromatic carbocycles. The Hall–Kier alpha value is -2.22. The molecule has 0 radical (unpaired) electrons. The quantitative estimate of drug-likeness (QED) is 0.0507. The molecule has 3 aliphatic rings. The van der Waals surface area contributed by atoms with Gasteiger partial charge in [-0.2, -0.15) is 11.8 Å². The second-order valence-corrected chi connectivity index (χ2v) is 15.3. The molecular formula is C31H51N5O10S3. The van der Waals surface area contributed by atoms with E-state index in [9.17, 15) is 24.0 Å². The van der Waals surface area contributed by atoms with Gasteiger partial charge >= 0.3 is 5.97 Å². The number of hydrogen-bond donors (Lipinski definition) is 4. The van der Waals surface area contributed by atoms with Crippen LogP contribution in [-0.2, 0) is 47.8 Å². The minimum absolute atomic E-state index is 0.0622. The van der Waals surface area contributed by atoms with Crippen LogP contribution in [0.15, 0.2) is 12.4 Å². The van der Waals surface area contributed by atoms with Gasteiger partial charge in [0, 0.05) is 61.3 Å². The van der Waals surface area contributed by atoms with Crippen molar-refractivity contribution in [3.63, 3.8) is 0 Å². The summed E-state index contributed by atoms with van der Waals surface area (Å²) in [6, 6.07) is 0.942. The second kappa shape index (κ2) is 24.8. The molecule has 49 heavy (non-hydrogen) atoms. The number of imide groups is 1. The van der Waals surface area contributed by atoms with E-state index in [4.69, 9.17) is 23.8 Å². The van der Waals surface area contributed by atoms with Crippen LogP contribution in [0.2, 0.25) is 0 Å². The topological polar surface area (TPSA) is 183 Å². The molecule has 0 aliphatic carbocycles. The number of nitrogens with one attached hydrogen (secondary N) is 4. The monoisotopic (exact) mass is 749 g/mol. The van der Waals surface area contributed by atoms with Crippen molar-refractivity contribution in [2.45, 2.75) is 68.7 Å². The molecule has 0 saturated carbocycles. The SMILES string of the molecule is C=C1NC2CSC(CCCCC(=O)NCCOCCOCCOCCOCCC(=O)NCCSSCCC(=O)ON3C(=O)CCC3=O)C2N1. The minimum Gasteiger partial charge on any atom is -0.379 e. The third-order valence-electron chi connectivity index (χ3n) is 7.50. The number of carbonyl (C=O) groups excluding carboxylic acids is 5. The fraction of sp³-hybridized carbons (Fsp3) is 0.774. The van der Waals surface area contributed by atoms with E-state index < -0.39 is 17.8 Å². The van der Waals surface area contributed by atoms with Crippen LogP contribution in [0.5, 0.6) is 0 Å². The largest absolute Gasteiger partial charge is 0.379 e. The van der Waals surface area contributed by atoms with Crippen LogP contribution in [0.3, 0.4) is 0 Å². The minimum atomic E-state index is -0.624. The lowest BCUT2D eigenvalue weighted by atomic mass is 10.0. The highest BCUT2D eigenvalue weighted by Gasteiger charge is 2.40. The summed E-state index contributed by atoms with van der Waals surface area (Å²) in [6.07, 6.45) is 4.03. The number of rotatable bonds is 28. The molecule has 3 heterocycles. The van der Waals surface area contributed by atoms with E-state index in [2.05, 4.69) is 27.8 Å². The first-order valence-electron chi connectivity index (χ1n) is 16.8. The molecule has 3 aliphatic heterocycles. The van der Waals surface area contributed by atoms with E-state index in [1.165, 1.54) is 21.6 Å². The lowest BCUT2D eigenvalue weighted by Gasteiger charge is -2.17. The number of amides is 4. The van der Waals surface area contributed by atoms with Crippen molar-refractivity contribution >= 4 is 62.9 Å². The van der Waals surface area contributed by atoms with Crippen LogP contribution < -0.4 is 21.3 Å². The predicted molar refractivity (Wildman–Crippen MR) is 188 cm³/mol. The van der Waals surface area contributed by atoms with Crippen molar-refractivity contribution in [1.29, 1.82) is 0 Å². The molecule has 3 fully saturated rings. The van der Waals surface area contributed by atoms with Crippen LogP contribution in [0.25, 0.3) is 0 Å². The summed E-state index contributed by atoms with van der Waals surface area (Å²) in [5.41, 5.74) is 0. The number of nitrogens with zero attached hydrogens (tertiary/aromatic N) is 1. The zero-order valence-corrected chi connectivity index (χ0v) is 30.5. The van der Waals surface area contributed by atoms with Crippen molar-refractivity contribution in [3.05, 3.63) is 12.4 Å². The number of hydrogen-bond acceptors (Lipinski definition) is 15. The summed E-state index contributed by atoms with van der Waals surface area (Å²) >= 11 is 2.00. The Morgan fingerprint density at radius 1 is 0.776 bits per heavy atom. The first-order chi connectivity index (χ1) is 23.8. The van der Waals surface area contributed by atoms with E-state index >= 15 is 0 Å². The lowest BCUT2D eigenvalue weighted by molar-refractivity contribution is -0.197. The van der Waals surface area contributed by atoms with Crippen molar-refractivity contribution in [2.75, 3.05) is 83.2 Å². The molecule has 0 aromatic heterocycles. The highest BCUT2D eigenvalue weighted by Crippen LogP contribution is 2.34. The van der Waals surface area contributed by atoms with Crippen molar-refractivity contribution in [2.24, 2.45) is 0 Å². The molecule has 3 saturated heterocycles. The van der Waals surface area contributed by atoms with Gasteiger partial charge in [-0.05, 0) is 12.8 Å². The molecule has 0 spiro atoms. The highest BCUT2D eigenvalue weighted by molar-refractivity contribution is 8.76. The zero-order valence-electron chi connectivity index (χ0n) is 28.0. The Bertz CT molecular complexity index is 1060. The average molecular weight is 750 g/mol. The smallest absolute Gasteiger partial charge is 0.334 e. The number of hydroxylamine groups is 2. The van der Waals surface area contributed by atoms with Gasteiger partial charge in [0.1, 0.15) is 0 Å². The van der Waals surface area contributed by atoms with Crippen molar-refractivity contribution < 1.29 is 47.8 Å². The van der Waals surface area contributed by atoms with E-state index in [0.29, 0.717) is 106 Å². The Morgan fingerprint density at radius 3 is 2.10 bits per heavy atom.